The number of carboxylic acids is 1. The second-order valence-corrected chi connectivity index (χ2v) is 2.29. The number of nitrogens with two attached hydrogens (primary N) is 2. The summed E-state index contributed by atoms with van der Waals surface area (Å²) < 4.78 is 0. The minimum Gasteiger partial charge on any atom is -0.511 e. The molecule has 0 rings (SSSR count). The molecule has 6 heteroatoms. The molecule has 0 saturated carbocycles. The number of hydrogen-bond donors (Lipinski definition) is 5. The topological polar surface area (TPSA) is 122 Å². The van der Waals surface area contributed by atoms with E-state index in [0.29, 0.717) is 0 Å². The smallest absolute Gasteiger partial charge is 0.320 e. The van der Waals surface area contributed by atoms with E-state index in [2.05, 4.69) is 5.43 Å². The van der Waals surface area contributed by atoms with Gasteiger partial charge in [-0.15, -0.1) is 0 Å². The number of allylic oxidation sites excluding steroid dienone is 1. The summed E-state index contributed by atoms with van der Waals surface area (Å²) >= 11 is 0. The van der Waals surface area contributed by atoms with Crippen LogP contribution in [0.4, 0.5) is 0 Å². The average molecular weight is 175 g/mol. The van der Waals surface area contributed by atoms with Crippen LogP contribution in [0, 0.1) is 0 Å². The molecule has 7 N–H and O–H groups in total. The summed E-state index contributed by atoms with van der Waals surface area (Å²) in [6, 6.07) is -0.946. The normalized spacial score (nSPS) is 14.0. The standard InChI is InChI=1S/C6H13N3O3/c7-5(6(11)12)2-1-4(10)3-9-8/h3,5,9-10H,1-2,7-8H2,(H,11,12)/b4-3+/t5-/m0/s1. The minimum absolute atomic E-state index is 0.0193. The average Bonchev–Trinajstić information content (AvgIpc) is 2.00. The van der Waals surface area contributed by atoms with Gasteiger partial charge in [0.2, 0.25) is 0 Å². The number of hydrogen-bond acceptors (Lipinski definition) is 5. The SMILES string of the molecule is NN/C=C(/O)CC[C@H](N)C(=O)O. The lowest BCUT2D eigenvalue weighted by molar-refractivity contribution is -0.138. The van der Waals surface area contributed by atoms with E-state index in [1.807, 2.05) is 0 Å². The summed E-state index contributed by atoms with van der Waals surface area (Å²) in [7, 11) is 0. The van der Waals surface area contributed by atoms with Crippen molar-refractivity contribution < 1.29 is 15.0 Å². The van der Waals surface area contributed by atoms with Gasteiger partial charge in [-0.3, -0.25) is 10.6 Å². The van der Waals surface area contributed by atoms with Gasteiger partial charge >= 0.3 is 5.97 Å². The molecule has 0 bridgehead atoms. The summed E-state index contributed by atoms with van der Waals surface area (Å²) in [4.78, 5) is 10.2. The maximum atomic E-state index is 10.2. The monoisotopic (exact) mass is 175 g/mol. The summed E-state index contributed by atoms with van der Waals surface area (Å²) in [5.41, 5.74) is 7.29. The van der Waals surface area contributed by atoms with Gasteiger partial charge in [-0.05, 0) is 6.42 Å². The Hall–Kier alpha value is -1.27. The molecule has 0 radical (unpaired) electrons. The Morgan fingerprint density at radius 1 is 1.58 bits per heavy atom. The molecule has 1 atom stereocenters. The van der Waals surface area contributed by atoms with Crippen LogP contribution < -0.4 is 17.0 Å². The van der Waals surface area contributed by atoms with Crippen LogP contribution in [-0.2, 0) is 4.79 Å². The molecule has 0 aliphatic rings. The van der Waals surface area contributed by atoms with E-state index in [1.165, 1.54) is 6.20 Å². The van der Waals surface area contributed by atoms with Crippen LogP contribution in [0.1, 0.15) is 12.8 Å². The van der Waals surface area contributed by atoms with Crippen molar-refractivity contribution in [1.29, 1.82) is 0 Å². The van der Waals surface area contributed by atoms with Crippen LogP contribution in [0.2, 0.25) is 0 Å². The Balaban J connectivity index is 3.68. The molecule has 0 saturated heterocycles. The minimum atomic E-state index is -1.08. The van der Waals surface area contributed by atoms with Gasteiger partial charge in [0.05, 0.1) is 0 Å². The third-order valence-electron chi connectivity index (χ3n) is 1.28. The molecule has 70 valence electrons. The fourth-order valence-corrected chi connectivity index (χ4v) is 0.595. The molecule has 0 aliphatic carbocycles. The number of aliphatic hydroxyl groups excluding tert-OH is 1. The first-order valence-corrected chi connectivity index (χ1v) is 3.40. The first kappa shape index (κ1) is 10.7. The van der Waals surface area contributed by atoms with Crippen LogP contribution in [0.3, 0.4) is 0 Å². The molecule has 0 amide bonds. The Kier molecular flexibility index (Phi) is 4.82. The molecule has 6 nitrogen and oxygen atoms in total. The molecule has 0 aromatic heterocycles. The van der Waals surface area contributed by atoms with Gasteiger partial charge in [-0.2, -0.15) is 0 Å². The third-order valence-corrected chi connectivity index (χ3v) is 1.28. The van der Waals surface area contributed by atoms with Gasteiger partial charge in [-0.1, -0.05) is 0 Å². The zero-order valence-electron chi connectivity index (χ0n) is 6.53. The lowest BCUT2D eigenvalue weighted by Gasteiger charge is -2.04. The van der Waals surface area contributed by atoms with E-state index in [1.54, 1.807) is 0 Å². The summed E-state index contributed by atoms with van der Waals surface area (Å²) in [6.07, 6.45) is 1.55. The van der Waals surface area contributed by atoms with Crippen molar-refractivity contribution in [3.63, 3.8) is 0 Å². The molecule has 0 aliphatic heterocycles. The molecular formula is C6H13N3O3. The Morgan fingerprint density at radius 2 is 2.17 bits per heavy atom. The number of hydrazine groups is 1. The van der Waals surface area contributed by atoms with Gasteiger partial charge in [0.15, 0.2) is 0 Å². The van der Waals surface area contributed by atoms with Gasteiger partial charge in [0, 0.05) is 12.6 Å². The van der Waals surface area contributed by atoms with Gasteiger partial charge < -0.3 is 21.4 Å². The van der Waals surface area contributed by atoms with Crippen molar-refractivity contribution in [1.82, 2.24) is 5.43 Å². The summed E-state index contributed by atoms with van der Waals surface area (Å²) in [5.74, 6) is 3.76. The predicted octanol–water partition coefficient (Wildman–Crippen LogP) is -0.959. The number of aliphatic carboxylic acids is 1. The number of rotatable bonds is 5. The molecular weight excluding hydrogens is 162 g/mol. The Labute approximate surface area is 69.8 Å². The molecule has 12 heavy (non-hydrogen) atoms. The number of carbonyl (C=O) groups is 1. The van der Waals surface area contributed by atoms with Crippen LogP contribution in [-0.4, -0.2) is 22.2 Å². The molecule has 0 aromatic rings. The van der Waals surface area contributed by atoms with E-state index in [-0.39, 0.29) is 18.6 Å². The van der Waals surface area contributed by atoms with Crippen LogP contribution in [0.15, 0.2) is 12.0 Å². The highest BCUT2D eigenvalue weighted by molar-refractivity contribution is 5.72. The van der Waals surface area contributed by atoms with Crippen LogP contribution in [0.25, 0.3) is 0 Å². The number of nitrogens with one attached hydrogen (secondary N) is 1. The first-order valence-electron chi connectivity index (χ1n) is 3.40. The van der Waals surface area contributed by atoms with Gasteiger partial charge in [0.25, 0.3) is 0 Å². The Bertz CT molecular complexity index is 181. The highest BCUT2D eigenvalue weighted by Gasteiger charge is 2.11. The largest absolute Gasteiger partial charge is 0.511 e. The van der Waals surface area contributed by atoms with Crippen molar-refractivity contribution in [2.45, 2.75) is 18.9 Å². The lowest BCUT2D eigenvalue weighted by atomic mass is 10.1. The van der Waals surface area contributed by atoms with E-state index < -0.39 is 12.0 Å². The fourth-order valence-electron chi connectivity index (χ4n) is 0.595. The van der Waals surface area contributed by atoms with E-state index in [9.17, 15) is 4.79 Å². The predicted molar refractivity (Wildman–Crippen MR) is 42.9 cm³/mol. The summed E-state index contributed by atoms with van der Waals surface area (Å²) in [5, 5.41) is 17.3. The zero-order valence-corrected chi connectivity index (χ0v) is 6.53. The van der Waals surface area contributed by atoms with Crippen molar-refractivity contribution in [3.8, 4) is 0 Å². The number of carboxylic acid groups (broad SMARTS) is 1. The van der Waals surface area contributed by atoms with Gasteiger partial charge in [-0.25, -0.2) is 0 Å². The highest BCUT2D eigenvalue weighted by atomic mass is 16.4. The van der Waals surface area contributed by atoms with E-state index >= 15 is 0 Å². The second-order valence-electron chi connectivity index (χ2n) is 2.29. The molecule has 0 unspecified atom stereocenters. The van der Waals surface area contributed by atoms with E-state index in [4.69, 9.17) is 21.8 Å². The quantitative estimate of drug-likeness (QED) is 0.208. The molecule has 0 spiro atoms. The van der Waals surface area contributed by atoms with Crippen LogP contribution >= 0.6 is 0 Å². The van der Waals surface area contributed by atoms with Gasteiger partial charge in [0.1, 0.15) is 11.8 Å². The van der Waals surface area contributed by atoms with Crippen molar-refractivity contribution in [3.05, 3.63) is 12.0 Å². The fraction of sp³-hybridized carbons (Fsp3) is 0.500. The molecule has 0 fully saturated rings. The Morgan fingerprint density at radius 3 is 2.58 bits per heavy atom. The highest BCUT2D eigenvalue weighted by Crippen LogP contribution is 2.01. The maximum absolute atomic E-state index is 10.2. The molecule has 0 heterocycles. The van der Waals surface area contributed by atoms with Crippen molar-refractivity contribution in [2.24, 2.45) is 11.6 Å². The molecule has 0 aromatic carbocycles. The zero-order chi connectivity index (χ0) is 9.56. The van der Waals surface area contributed by atoms with Crippen molar-refractivity contribution in [2.75, 3.05) is 0 Å². The number of aliphatic hydroxyl groups is 1. The van der Waals surface area contributed by atoms with Crippen LogP contribution in [0.5, 0.6) is 0 Å². The lowest BCUT2D eigenvalue weighted by Crippen LogP contribution is -2.30. The summed E-state index contributed by atoms with van der Waals surface area (Å²) in [6.45, 7) is 0. The van der Waals surface area contributed by atoms with E-state index in [0.717, 1.165) is 0 Å². The second kappa shape index (κ2) is 5.39. The van der Waals surface area contributed by atoms with Crippen molar-refractivity contribution >= 4 is 5.97 Å². The maximum Gasteiger partial charge on any atom is 0.320 e. The first-order chi connectivity index (χ1) is 5.57. The third kappa shape index (κ3) is 4.53.